The lowest BCUT2D eigenvalue weighted by Gasteiger charge is -2.30. The molecule has 0 saturated carbocycles. The first-order valence-corrected chi connectivity index (χ1v) is 7.49. The molecule has 21 heavy (non-hydrogen) atoms. The summed E-state index contributed by atoms with van der Waals surface area (Å²) in [7, 11) is 0. The number of carbonyl (C=O) groups is 1. The van der Waals surface area contributed by atoms with E-state index in [0.717, 1.165) is 5.52 Å². The van der Waals surface area contributed by atoms with Gasteiger partial charge < -0.3 is 9.88 Å². The topological polar surface area (TPSA) is 61.0 Å². The molecule has 114 valence electrons. The molecule has 0 aliphatic heterocycles. The molecular formula is C14H18Cl2N4O. The first-order chi connectivity index (χ1) is 9.79. The molecule has 2 amide bonds. The lowest BCUT2D eigenvalue weighted by Crippen LogP contribution is -2.44. The fraction of sp³-hybridized carbons (Fsp3) is 0.429. The maximum absolute atomic E-state index is 12.3. The molecule has 0 fully saturated rings. The monoisotopic (exact) mass is 328 g/mol. The summed E-state index contributed by atoms with van der Waals surface area (Å²) in [5.41, 5.74) is 1.38. The van der Waals surface area contributed by atoms with Gasteiger partial charge in [0.2, 0.25) is 5.95 Å². The summed E-state index contributed by atoms with van der Waals surface area (Å²) < 4.78 is 0. The van der Waals surface area contributed by atoms with Crippen LogP contribution in [-0.4, -0.2) is 33.0 Å². The van der Waals surface area contributed by atoms with Crippen LogP contribution >= 0.6 is 23.2 Å². The van der Waals surface area contributed by atoms with Gasteiger partial charge in [-0.3, -0.25) is 5.32 Å². The van der Waals surface area contributed by atoms with Gasteiger partial charge >= 0.3 is 6.03 Å². The highest BCUT2D eigenvalue weighted by Crippen LogP contribution is 2.27. The minimum atomic E-state index is -0.198. The number of urea groups is 1. The maximum atomic E-state index is 12.3. The largest absolute Gasteiger partial charge is 0.324 e. The van der Waals surface area contributed by atoms with E-state index in [1.54, 1.807) is 17.0 Å². The van der Waals surface area contributed by atoms with E-state index in [1.165, 1.54) is 0 Å². The third kappa shape index (κ3) is 3.41. The first-order valence-electron chi connectivity index (χ1n) is 6.73. The van der Waals surface area contributed by atoms with E-state index < -0.39 is 0 Å². The number of anilines is 1. The number of carbonyl (C=O) groups excluding carboxylic acids is 1. The zero-order valence-corrected chi connectivity index (χ0v) is 13.9. The predicted octanol–water partition coefficient (Wildman–Crippen LogP) is 4.52. The van der Waals surface area contributed by atoms with Gasteiger partial charge in [-0.25, -0.2) is 9.78 Å². The van der Waals surface area contributed by atoms with Crippen molar-refractivity contribution < 1.29 is 4.79 Å². The average Bonchev–Trinajstić information content (AvgIpc) is 2.69. The molecule has 2 rings (SSSR count). The van der Waals surface area contributed by atoms with E-state index in [9.17, 15) is 4.79 Å². The molecule has 2 aromatic rings. The molecule has 1 aromatic heterocycles. The summed E-state index contributed by atoms with van der Waals surface area (Å²) >= 11 is 11.9. The molecule has 0 bridgehead atoms. The molecule has 7 heteroatoms. The van der Waals surface area contributed by atoms with Gasteiger partial charge in [0.1, 0.15) is 0 Å². The standard InChI is InChI=1S/C14H18Cl2N4O/c1-7(2)20(8(3)4)14(21)19-13-17-11-5-9(15)10(16)6-12(11)18-13/h5-8H,1-4H3,(H2,17,18,19,21). The molecule has 0 saturated heterocycles. The van der Waals surface area contributed by atoms with Crippen LogP contribution < -0.4 is 5.32 Å². The minimum Gasteiger partial charge on any atom is -0.324 e. The maximum Gasteiger partial charge on any atom is 0.324 e. The van der Waals surface area contributed by atoms with Gasteiger partial charge in [0.15, 0.2) is 0 Å². The number of rotatable bonds is 3. The third-order valence-corrected chi connectivity index (χ3v) is 3.82. The normalized spacial score (nSPS) is 11.4. The number of hydrogen-bond donors (Lipinski definition) is 2. The molecule has 0 radical (unpaired) electrons. The van der Waals surface area contributed by atoms with Crippen molar-refractivity contribution >= 4 is 46.2 Å². The Balaban J connectivity index is 2.25. The van der Waals surface area contributed by atoms with Crippen molar-refractivity contribution in [2.75, 3.05) is 5.32 Å². The van der Waals surface area contributed by atoms with Crippen LogP contribution in [0.2, 0.25) is 10.0 Å². The Morgan fingerprint density at radius 2 is 1.76 bits per heavy atom. The van der Waals surface area contributed by atoms with Crippen LogP contribution in [0.15, 0.2) is 12.1 Å². The fourth-order valence-corrected chi connectivity index (χ4v) is 2.62. The highest BCUT2D eigenvalue weighted by molar-refractivity contribution is 6.42. The molecule has 0 aliphatic carbocycles. The summed E-state index contributed by atoms with van der Waals surface area (Å²) in [4.78, 5) is 21.4. The van der Waals surface area contributed by atoms with Gasteiger partial charge in [0, 0.05) is 12.1 Å². The van der Waals surface area contributed by atoms with E-state index in [4.69, 9.17) is 23.2 Å². The quantitative estimate of drug-likeness (QED) is 0.870. The van der Waals surface area contributed by atoms with Crippen LogP contribution in [0, 0.1) is 0 Å². The van der Waals surface area contributed by atoms with Crippen molar-refractivity contribution in [3.63, 3.8) is 0 Å². The number of aromatic nitrogens is 2. The SMILES string of the molecule is CC(C)N(C(=O)Nc1nc2cc(Cl)c(Cl)cc2[nH]1)C(C)C. The van der Waals surface area contributed by atoms with E-state index in [1.807, 2.05) is 27.7 Å². The van der Waals surface area contributed by atoms with Gasteiger partial charge in [-0.2, -0.15) is 0 Å². The van der Waals surface area contributed by atoms with E-state index >= 15 is 0 Å². The van der Waals surface area contributed by atoms with Gasteiger partial charge in [-0.1, -0.05) is 23.2 Å². The zero-order valence-electron chi connectivity index (χ0n) is 12.4. The second-order valence-corrected chi connectivity index (χ2v) is 6.21. The molecule has 1 aromatic carbocycles. The van der Waals surface area contributed by atoms with E-state index in [2.05, 4.69) is 15.3 Å². The Morgan fingerprint density at radius 3 is 2.33 bits per heavy atom. The number of H-pyrrole nitrogens is 1. The molecule has 0 atom stereocenters. The molecule has 5 nitrogen and oxygen atoms in total. The first kappa shape index (κ1) is 15.9. The Labute approximate surface area is 133 Å². The Hall–Kier alpha value is -1.46. The number of benzene rings is 1. The minimum absolute atomic E-state index is 0.0956. The van der Waals surface area contributed by atoms with Crippen LogP contribution in [0.3, 0.4) is 0 Å². The second kappa shape index (κ2) is 6.12. The average molecular weight is 329 g/mol. The molecule has 0 unspecified atom stereocenters. The number of amides is 2. The van der Waals surface area contributed by atoms with Crippen molar-refractivity contribution in [3.8, 4) is 0 Å². The summed E-state index contributed by atoms with van der Waals surface area (Å²) in [6.07, 6.45) is 0. The van der Waals surface area contributed by atoms with E-state index in [0.29, 0.717) is 21.5 Å². The van der Waals surface area contributed by atoms with Crippen LogP contribution in [0.1, 0.15) is 27.7 Å². The lowest BCUT2D eigenvalue weighted by molar-refractivity contribution is 0.178. The van der Waals surface area contributed by atoms with Crippen molar-refractivity contribution in [3.05, 3.63) is 22.2 Å². The van der Waals surface area contributed by atoms with Crippen LogP contribution in [0.4, 0.5) is 10.7 Å². The third-order valence-electron chi connectivity index (χ3n) is 3.10. The van der Waals surface area contributed by atoms with Crippen molar-refractivity contribution in [1.82, 2.24) is 14.9 Å². The molecule has 0 spiro atoms. The van der Waals surface area contributed by atoms with Crippen LogP contribution in [-0.2, 0) is 0 Å². The number of nitrogens with zero attached hydrogens (tertiary/aromatic N) is 2. The number of hydrogen-bond acceptors (Lipinski definition) is 2. The predicted molar refractivity (Wildman–Crippen MR) is 87.2 cm³/mol. The highest BCUT2D eigenvalue weighted by Gasteiger charge is 2.21. The number of fused-ring (bicyclic) bond motifs is 1. The highest BCUT2D eigenvalue weighted by atomic mass is 35.5. The van der Waals surface area contributed by atoms with Gasteiger partial charge in [0.25, 0.3) is 0 Å². The number of halogens is 2. The van der Waals surface area contributed by atoms with Gasteiger partial charge in [-0.05, 0) is 39.8 Å². The molecule has 0 aliphatic rings. The Kier molecular flexibility index (Phi) is 4.64. The van der Waals surface area contributed by atoms with Gasteiger partial charge in [-0.15, -0.1) is 0 Å². The number of nitrogens with one attached hydrogen (secondary N) is 2. The van der Waals surface area contributed by atoms with E-state index in [-0.39, 0.29) is 18.1 Å². The summed E-state index contributed by atoms with van der Waals surface area (Å²) in [5, 5.41) is 3.64. The van der Waals surface area contributed by atoms with Crippen molar-refractivity contribution in [2.24, 2.45) is 0 Å². The second-order valence-electron chi connectivity index (χ2n) is 5.39. The molecular weight excluding hydrogens is 311 g/mol. The lowest BCUT2D eigenvalue weighted by atomic mass is 10.2. The number of aromatic amines is 1. The fourth-order valence-electron chi connectivity index (χ4n) is 2.30. The van der Waals surface area contributed by atoms with Crippen molar-refractivity contribution in [1.29, 1.82) is 0 Å². The Morgan fingerprint density at radius 1 is 1.19 bits per heavy atom. The summed E-state index contributed by atoms with van der Waals surface area (Å²) in [6, 6.07) is 3.34. The zero-order chi connectivity index (χ0) is 15.7. The van der Waals surface area contributed by atoms with Gasteiger partial charge in [0.05, 0.1) is 21.1 Å². The number of imidazole rings is 1. The molecule has 2 N–H and O–H groups in total. The van der Waals surface area contributed by atoms with Crippen LogP contribution in [0.25, 0.3) is 11.0 Å². The van der Waals surface area contributed by atoms with Crippen LogP contribution in [0.5, 0.6) is 0 Å². The molecule has 1 heterocycles. The van der Waals surface area contributed by atoms with Crippen molar-refractivity contribution in [2.45, 2.75) is 39.8 Å². The summed E-state index contributed by atoms with van der Waals surface area (Å²) in [6.45, 7) is 7.88. The Bertz CT molecular complexity index is 619. The smallest absolute Gasteiger partial charge is 0.324 e. The summed E-state index contributed by atoms with van der Waals surface area (Å²) in [5.74, 6) is 0.375.